The van der Waals surface area contributed by atoms with Gasteiger partial charge in [-0.2, -0.15) is 0 Å². The molecule has 164 valence electrons. The second kappa shape index (κ2) is 8.15. The maximum Gasteiger partial charge on any atom is 0.0159 e. The van der Waals surface area contributed by atoms with Gasteiger partial charge in [0.2, 0.25) is 0 Å². The first kappa shape index (κ1) is 20.7. The average molecular weight is 437 g/mol. The van der Waals surface area contributed by atoms with Crippen LogP contribution < -0.4 is 0 Å². The Kier molecular flexibility index (Phi) is 4.96. The number of hydrogen-bond donors (Lipinski definition) is 0. The number of rotatable bonds is 4. The smallest absolute Gasteiger partial charge is 0.0159 e. The number of fused-ring (bicyclic) bond motifs is 3. The minimum Gasteiger partial charge on any atom is -0.0622 e. The summed E-state index contributed by atoms with van der Waals surface area (Å²) < 4.78 is 0. The first-order valence-electron chi connectivity index (χ1n) is 12.1. The molecule has 0 heteroatoms. The molecule has 5 aromatic carbocycles. The Labute approximate surface area is 202 Å². The molecule has 6 rings (SSSR count). The van der Waals surface area contributed by atoms with Gasteiger partial charge in [0, 0.05) is 5.41 Å². The van der Waals surface area contributed by atoms with E-state index in [1.54, 1.807) is 0 Å². The van der Waals surface area contributed by atoms with Gasteiger partial charge in [0.15, 0.2) is 0 Å². The molecule has 0 unspecified atom stereocenters. The van der Waals surface area contributed by atoms with Crippen molar-refractivity contribution < 1.29 is 0 Å². The molecule has 34 heavy (non-hydrogen) atoms. The van der Waals surface area contributed by atoms with E-state index in [0.29, 0.717) is 0 Å². The van der Waals surface area contributed by atoms with Crippen LogP contribution in [-0.2, 0) is 11.8 Å². The lowest BCUT2D eigenvalue weighted by Crippen LogP contribution is -2.15. The lowest BCUT2D eigenvalue weighted by atomic mass is 9.81. The Morgan fingerprint density at radius 2 is 0.912 bits per heavy atom. The van der Waals surface area contributed by atoms with E-state index in [0.717, 1.165) is 6.42 Å². The van der Waals surface area contributed by atoms with Gasteiger partial charge in [-0.25, -0.2) is 0 Å². The molecule has 0 amide bonds. The number of benzene rings is 5. The predicted molar refractivity (Wildman–Crippen MR) is 144 cm³/mol. The molecule has 0 aromatic heterocycles. The van der Waals surface area contributed by atoms with Gasteiger partial charge in [-0.1, -0.05) is 129 Å². The van der Waals surface area contributed by atoms with Crippen molar-refractivity contribution in [1.82, 2.24) is 0 Å². The van der Waals surface area contributed by atoms with Crippen LogP contribution in [0.5, 0.6) is 0 Å². The fourth-order valence-corrected chi connectivity index (χ4v) is 5.39. The quantitative estimate of drug-likeness (QED) is 0.264. The largest absolute Gasteiger partial charge is 0.0622 e. The molecular formula is C34H28. The maximum absolute atomic E-state index is 2.43. The monoisotopic (exact) mass is 436 g/mol. The van der Waals surface area contributed by atoms with Gasteiger partial charge >= 0.3 is 0 Å². The summed E-state index contributed by atoms with van der Waals surface area (Å²) in [5, 5.41) is 0. The Balaban J connectivity index is 1.30. The van der Waals surface area contributed by atoms with Crippen LogP contribution in [0.1, 0.15) is 36.1 Å². The maximum atomic E-state index is 2.43. The van der Waals surface area contributed by atoms with E-state index in [4.69, 9.17) is 0 Å². The number of hydrogen-bond acceptors (Lipinski definition) is 0. The molecular weight excluding hydrogens is 408 g/mol. The van der Waals surface area contributed by atoms with Gasteiger partial charge in [0.25, 0.3) is 0 Å². The summed E-state index contributed by atoms with van der Waals surface area (Å²) in [4.78, 5) is 0. The first-order valence-corrected chi connectivity index (χ1v) is 12.1. The van der Waals surface area contributed by atoms with Gasteiger partial charge in [-0.15, -0.1) is 0 Å². The highest BCUT2D eigenvalue weighted by Gasteiger charge is 2.35. The van der Waals surface area contributed by atoms with E-state index < -0.39 is 0 Å². The van der Waals surface area contributed by atoms with E-state index >= 15 is 0 Å². The van der Waals surface area contributed by atoms with Crippen LogP contribution in [0.2, 0.25) is 0 Å². The minimum atomic E-state index is -0.0113. The summed E-state index contributed by atoms with van der Waals surface area (Å²) in [6, 6.07) is 44.3. The third-order valence-electron chi connectivity index (χ3n) is 7.32. The van der Waals surface area contributed by atoms with Crippen LogP contribution in [0.15, 0.2) is 121 Å². The van der Waals surface area contributed by atoms with Crippen LogP contribution >= 0.6 is 0 Å². The van der Waals surface area contributed by atoms with Gasteiger partial charge in [-0.3, -0.25) is 0 Å². The Hall–Kier alpha value is -3.90. The highest BCUT2D eigenvalue weighted by Crippen LogP contribution is 2.50. The fraction of sp³-hybridized carbons (Fsp3) is 0.118. The molecule has 0 nitrogen and oxygen atoms in total. The second-order valence-electron chi connectivity index (χ2n) is 9.87. The molecule has 0 saturated carbocycles. The molecule has 0 atom stereocenters. The predicted octanol–water partition coefficient (Wildman–Crippen LogP) is 8.92. The van der Waals surface area contributed by atoms with Crippen molar-refractivity contribution >= 4 is 0 Å². The molecule has 5 aromatic rings. The molecule has 1 aliphatic rings. The molecule has 0 fully saturated rings. The van der Waals surface area contributed by atoms with Crippen molar-refractivity contribution in [3.63, 3.8) is 0 Å². The third-order valence-corrected chi connectivity index (χ3v) is 7.32. The first-order chi connectivity index (χ1) is 16.6. The molecule has 0 radical (unpaired) electrons. The summed E-state index contributed by atoms with van der Waals surface area (Å²) in [5.41, 5.74) is 13.4. The van der Waals surface area contributed by atoms with Crippen molar-refractivity contribution in [2.24, 2.45) is 0 Å². The van der Waals surface area contributed by atoms with E-state index in [1.807, 2.05) is 0 Å². The lowest BCUT2D eigenvalue weighted by molar-refractivity contribution is 0.659. The molecule has 1 aliphatic carbocycles. The summed E-state index contributed by atoms with van der Waals surface area (Å²) in [6.07, 6.45) is 0.948. The zero-order chi connectivity index (χ0) is 23.1. The molecule has 0 N–H and O–H groups in total. The zero-order valence-electron chi connectivity index (χ0n) is 19.8. The van der Waals surface area contributed by atoms with Crippen molar-refractivity contribution in [1.29, 1.82) is 0 Å². The summed E-state index contributed by atoms with van der Waals surface area (Å²) >= 11 is 0. The topological polar surface area (TPSA) is 0 Å². The summed E-state index contributed by atoms with van der Waals surface area (Å²) in [6.45, 7) is 4.73. The Morgan fingerprint density at radius 3 is 1.56 bits per heavy atom. The van der Waals surface area contributed by atoms with E-state index in [9.17, 15) is 0 Å². The van der Waals surface area contributed by atoms with Crippen LogP contribution in [0.3, 0.4) is 0 Å². The van der Waals surface area contributed by atoms with E-state index in [-0.39, 0.29) is 5.41 Å². The van der Waals surface area contributed by atoms with Crippen LogP contribution in [0.4, 0.5) is 0 Å². The Bertz CT molecular complexity index is 1460. The molecule has 0 saturated heterocycles. The van der Waals surface area contributed by atoms with Crippen LogP contribution in [0, 0.1) is 0 Å². The average Bonchev–Trinajstić information content (AvgIpc) is 3.11. The Morgan fingerprint density at radius 1 is 0.441 bits per heavy atom. The van der Waals surface area contributed by atoms with Crippen molar-refractivity contribution in [2.75, 3.05) is 0 Å². The van der Waals surface area contributed by atoms with E-state index in [2.05, 4.69) is 135 Å². The standard InChI is InChI=1S/C34H28/c1-34(2)32-22-25(21-24-13-16-28(17-14-24)26-9-5-3-6-10-26)15-19-30(32)31-20-18-29(23-33(31)34)27-11-7-4-8-12-27/h3-20,22-23H,21H2,1-2H3. The summed E-state index contributed by atoms with van der Waals surface area (Å²) in [5.74, 6) is 0. The zero-order valence-corrected chi connectivity index (χ0v) is 19.8. The summed E-state index contributed by atoms with van der Waals surface area (Å²) in [7, 11) is 0. The molecule has 0 bridgehead atoms. The lowest BCUT2D eigenvalue weighted by Gasteiger charge is -2.22. The van der Waals surface area contributed by atoms with Gasteiger partial charge in [0.1, 0.15) is 0 Å². The van der Waals surface area contributed by atoms with Gasteiger partial charge < -0.3 is 0 Å². The van der Waals surface area contributed by atoms with E-state index in [1.165, 1.54) is 55.6 Å². The van der Waals surface area contributed by atoms with Crippen molar-refractivity contribution in [3.8, 4) is 33.4 Å². The van der Waals surface area contributed by atoms with Crippen molar-refractivity contribution in [3.05, 3.63) is 144 Å². The van der Waals surface area contributed by atoms with Crippen LogP contribution in [0.25, 0.3) is 33.4 Å². The highest BCUT2D eigenvalue weighted by molar-refractivity contribution is 5.83. The molecule has 0 aliphatic heterocycles. The highest BCUT2D eigenvalue weighted by atomic mass is 14.4. The second-order valence-corrected chi connectivity index (χ2v) is 9.87. The van der Waals surface area contributed by atoms with Gasteiger partial charge in [0.05, 0.1) is 0 Å². The minimum absolute atomic E-state index is 0.0113. The third kappa shape index (κ3) is 3.56. The SMILES string of the molecule is CC1(C)c2cc(Cc3ccc(-c4ccccc4)cc3)ccc2-c2ccc(-c3ccccc3)cc21. The van der Waals surface area contributed by atoms with Crippen LogP contribution in [-0.4, -0.2) is 0 Å². The molecule has 0 spiro atoms. The molecule has 0 heterocycles. The normalized spacial score (nSPS) is 13.4. The van der Waals surface area contributed by atoms with Gasteiger partial charge in [-0.05, 0) is 68.1 Å². The van der Waals surface area contributed by atoms with Crippen molar-refractivity contribution in [2.45, 2.75) is 25.7 Å². The fourth-order valence-electron chi connectivity index (χ4n) is 5.39.